The monoisotopic (exact) mass is 243 g/mol. The Kier molecular flexibility index (Phi) is 2.96. The minimum atomic E-state index is 0.562. The first-order chi connectivity index (χ1) is 8.81. The van der Waals surface area contributed by atoms with Crippen molar-refractivity contribution >= 4 is 5.82 Å². The molecule has 0 bridgehead atoms. The highest BCUT2D eigenvalue weighted by atomic mass is 15.3. The summed E-state index contributed by atoms with van der Waals surface area (Å²) in [6.45, 7) is 2.02. The van der Waals surface area contributed by atoms with E-state index >= 15 is 0 Å². The summed E-state index contributed by atoms with van der Waals surface area (Å²) in [5.41, 5.74) is 1.12. The van der Waals surface area contributed by atoms with Crippen LogP contribution < -0.4 is 5.32 Å². The molecule has 0 aromatic carbocycles. The molecule has 5 heteroatoms. The third-order valence-corrected chi connectivity index (χ3v) is 3.31. The lowest BCUT2D eigenvalue weighted by atomic mass is 10.2. The molecule has 0 saturated heterocycles. The Labute approximate surface area is 106 Å². The van der Waals surface area contributed by atoms with Crippen LogP contribution >= 0.6 is 0 Å². The molecule has 1 fully saturated rings. The van der Waals surface area contributed by atoms with E-state index in [2.05, 4.69) is 20.4 Å². The first-order valence-electron chi connectivity index (χ1n) is 6.41. The average molecular weight is 243 g/mol. The Hall–Kier alpha value is -1.91. The molecule has 1 aliphatic carbocycles. The van der Waals surface area contributed by atoms with Crippen molar-refractivity contribution in [2.45, 2.75) is 38.6 Å². The van der Waals surface area contributed by atoms with E-state index in [4.69, 9.17) is 0 Å². The number of aromatic nitrogens is 4. The van der Waals surface area contributed by atoms with Crippen LogP contribution in [0, 0.1) is 6.92 Å². The van der Waals surface area contributed by atoms with Crippen LogP contribution in [-0.2, 0) is 0 Å². The van der Waals surface area contributed by atoms with E-state index < -0.39 is 0 Å². The molecule has 1 aliphatic rings. The van der Waals surface area contributed by atoms with Gasteiger partial charge in [-0.3, -0.25) is 0 Å². The molecule has 94 valence electrons. The third-order valence-electron chi connectivity index (χ3n) is 3.31. The molecule has 5 nitrogen and oxygen atoms in total. The van der Waals surface area contributed by atoms with Crippen LogP contribution in [0.4, 0.5) is 5.82 Å². The molecular weight excluding hydrogens is 226 g/mol. The molecule has 1 N–H and O–H groups in total. The van der Waals surface area contributed by atoms with Gasteiger partial charge in [0.1, 0.15) is 12.1 Å². The van der Waals surface area contributed by atoms with Crippen LogP contribution in [0.25, 0.3) is 5.82 Å². The molecule has 1 saturated carbocycles. The zero-order valence-electron chi connectivity index (χ0n) is 10.5. The predicted molar refractivity (Wildman–Crippen MR) is 69.8 cm³/mol. The lowest BCUT2D eigenvalue weighted by molar-refractivity contribution is 0.747. The molecule has 0 atom stereocenters. The van der Waals surface area contributed by atoms with E-state index in [1.165, 1.54) is 25.7 Å². The van der Waals surface area contributed by atoms with Gasteiger partial charge >= 0.3 is 0 Å². The molecule has 0 aliphatic heterocycles. The van der Waals surface area contributed by atoms with Gasteiger partial charge in [-0.2, -0.15) is 5.10 Å². The highest BCUT2D eigenvalue weighted by Gasteiger charge is 2.15. The molecule has 0 unspecified atom stereocenters. The molecule has 0 radical (unpaired) electrons. The highest BCUT2D eigenvalue weighted by Crippen LogP contribution is 2.21. The fourth-order valence-electron chi connectivity index (χ4n) is 2.37. The van der Waals surface area contributed by atoms with E-state index in [0.29, 0.717) is 6.04 Å². The van der Waals surface area contributed by atoms with Crippen LogP contribution in [0.15, 0.2) is 24.8 Å². The van der Waals surface area contributed by atoms with E-state index in [0.717, 1.165) is 17.2 Å². The number of hydrogen-bond donors (Lipinski definition) is 1. The number of anilines is 1. The van der Waals surface area contributed by atoms with E-state index in [1.807, 2.05) is 25.4 Å². The summed E-state index contributed by atoms with van der Waals surface area (Å²) in [5, 5.41) is 7.72. The fourth-order valence-corrected chi connectivity index (χ4v) is 2.37. The number of nitrogens with one attached hydrogen (secondary N) is 1. The maximum Gasteiger partial charge on any atom is 0.158 e. The summed E-state index contributed by atoms with van der Waals surface area (Å²) in [6.07, 6.45) is 10.5. The smallest absolute Gasteiger partial charge is 0.158 e. The Balaban J connectivity index is 1.80. The van der Waals surface area contributed by atoms with Gasteiger partial charge in [-0.25, -0.2) is 14.6 Å². The van der Waals surface area contributed by atoms with Crippen molar-refractivity contribution in [3.05, 3.63) is 30.4 Å². The molecule has 3 rings (SSSR count). The van der Waals surface area contributed by atoms with Crippen molar-refractivity contribution in [2.24, 2.45) is 0 Å². The van der Waals surface area contributed by atoms with Crippen LogP contribution in [-0.4, -0.2) is 25.8 Å². The Morgan fingerprint density at radius 3 is 2.83 bits per heavy atom. The molecule has 0 spiro atoms. The second kappa shape index (κ2) is 4.76. The number of hydrogen-bond acceptors (Lipinski definition) is 4. The SMILES string of the molecule is Cc1cnn(-c2cc(NC3CCCC3)ncn2)c1. The van der Waals surface area contributed by atoms with E-state index in [-0.39, 0.29) is 0 Å². The van der Waals surface area contributed by atoms with Crippen LogP contribution in [0.5, 0.6) is 0 Å². The summed E-state index contributed by atoms with van der Waals surface area (Å²) in [6, 6.07) is 2.51. The van der Waals surface area contributed by atoms with Gasteiger partial charge in [-0.1, -0.05) is 12.8 Å². The molecule has 2 aromatic rings. The predicted octanol–water partition coefficient (Wildman–Crippen LogP) is 2.33. The quantitative estimate of drug-likeness (QED) is 0.899. The van der Waals surface area contributed by atoms with Gasteiger partial charge in [0, 0.05) is 18.3 Å². The van der Waals surface area contributed by atoms with Crippen LogP contribution in [0.2, 0.25) is 0 Å². The van der Waals surface area contributed by atoms with Crippen molar-refractivity contribution in [3.8, 4) is 5.82 Å². The number of aryl methyl sites for hydroxylation is 1. The van der Waals surface area contributed by atoms with E-state index in [1.54, 1.807) is 11.0 Å². The second-order valence-corrected chi connectivity index (χ2v) is 4.85. The minimum Gasteiger partial charge on any atom is -0.367 e. The molecule has 0 amide bonds. The number of nitrogens with zero attached hydrogens (tertiary/aromatic N) is 4. The number of rotatable bonds is 3. The zero-order chi connectivity index (χ0) is 12.4. The summed E-state index contributed by atoms with van der Waals surface area (Å²) in [7, 11) is 0. The molecular formula is C13H17N5. The summed E-state index contributed by atoms with van der Waals surface area (Å²) < 4.78 is 1.77. The van der Waals surface area contributed by atoms with Gasteiger partial charge in [0.25, 0.3) is 0 Å². The largest absolute Gasteiger partial charge is 0.367 e. The second-order valence-electron chi connectivity index (χ2n) is 4.85. The van der Waals surface area contributed by atoms with E-state index in [9.17, 15) is 0 Å². The Morgan fingerprint density at radius 1 is 1.28 bits per heavy atom. The highest BCUT2D eigenvalue weighted by molar-refractivity contribution is 5.41. The summed E-state index contributed by atoms with van der Waals surface area (Å²) in [5.74, 6) is 1.69. The van der Waals surface area contributed by atoms with Gasteiger partial charge in [0.05, 0.1) is 6.20 Å². The first-order valence-corrected chi connectivity index (χ1v) is 6.41. The molecule has 2 aromatic heterocycles. The van der Waals surface area contributed by atoms with Crippen molar-refractivity contribution < 1.29 is 0 Å². The van der Waals surface area contributed by atoms with Gasteiger partial charge in [0.2, 0.25) is 0 Å². The maximum absolute atomic E-state index is 4.27. The lowest BCUT2D eigenvalue weighted by Gasteiger charge is -2.12. The van der Waals surface area contributed by atoms with Gasteiger partial charge in [-0.15, -0.1) is 0 Å². The Bertz CT molecular complexity index is 528. The van der Waals surface area contributed by atoms with Gasteiger partial charge in [-0.05, 0) is 25.3 Å². The standard InChI is InChI=1S/C13H17N5/c1-10-7-16-18(8-10)13-6-12(14-9-15-13)17-11-4-2-3-5-11/h6-9,11H,2-5H2,1H3,(H,14,15,17). The zero-order valence-corrected chi connectivity index (χ0v) is 10.5. The van der Waals surface area contributed by atoms with Gasteiger partial charge < -0.3 is 5.32 Å². The van der Waals surface area contributed by atoms with Crippen molar-refractivity contribution in [1.82, 2.24) is 19.7 Å². The third kappa shape index (κ3) is 2.34. The van der Waals surface area contributed by atoms with Crippen molar-refractivity contribution in [3.63, 3.8) is 0 Å². The van der Waals surface area contributed by atoms with Gasteiger partial charge in [0.15, 0.2) is 5.82 Å². The minimum absolute atomic E-state index is 0.562. The molecule has 2 heterocycles. The lowest BCUT2D eigenvalue weighted by Crippen LogP contribution is -2.16. The van der Waals surface area contributed by atoms with Crippen LogP contribution in [0.3, 0.4) is 0 Å². The topological polar surface area (TPSA) is 55.6 Å². The van der Waals surface area contributed by atoms with Crippen molar-refractivity contribution in [1.29, 1.82) is 0 Å². The van der Waals surface area contributed by atoms with Crippen LogP contribution in [0.1, 0.15) is 31.2 Å². The average Bonchev–Trinajstić information content (AvgIpc) is 3.01. The molecule has 18 heavy (non-hydrogen) atoms. The summed E-state index contributed by atoms with van der Waals surface area (Å²) >= 11 is 0. The normalized spacial score (nSPS) is 16.1. The van der Waals surface area contributed by atoms with Crippen molar-refractivity contribution in [2.75, 3.05) is 5.32 Å². The fraction of sp³-hybridized carbons (Fsp3) is 0.462. The maximum atomic E-state index is 4.27. The Morgan fingerprint density at radius 2 is 2.11 bits per heavy atom. The first kappa shape index (κ1) is 11.2. The summed E-state index contributed by atoms with van der Waals surface area (Å²) in [4.78, 5) is 8.52.